The third kappa shape index (κ3) is 6.17. The van der Waals surface area contributed by atoms with Crippen molar-refractivity contribution in [2.24, 2.45) is 5.16 Å². The molecule has 1 aliphatic rings. The van der Waals surface area contributed by atoms with Gasteiger partial charge in [0.2, 0.25) is 0 Å². The molecule has 1 amide bonds. The first kappa shape index (κ1) is 29.7. The van der Waals surface area contributed by atoms with Crippen LogP contribution in [0.15, 0.2) is 78.0 Å². The molecule has 5 rings (SSSR count). The standard InChI is InChI=1S/C31H36N5O5P/c1-5-40-42(38,41-6-2)24-17-15-23(16-18-24)22-39-33-30-25-11-7-9-13-27(25)36(31(30)37)21-29-32-26-12-8-10-14-28(26)35(29)20-19-34(3)4/h7-18H,5-6,19-22H2,1-4H3. The minimum Gasteiger partial charge on any atom is -0.390 e. The Morgan fingerprint density at radius 2 is 1.62 bits per heavy atom. The highest BCUT2D eigenvalue weighted by Crippen LogP contribution is 2.46. The fraction of sp³-hybridized carbons (Fsp3) is 0.323. The molecule has 1 aliphatic heterocycles. The number of rotatable bonds is 13. The number of oxime groups is 1. The van der Waals surface area contributed by atoms with Crippen molar-refractivity contribution in [3.8, 4) is 0 Å². The van der Waals surface area contributed by atoms with Crippen molar-refractivity contribution >= 4 is 41.2 Å². The number of hydrogen-bond donors (Lipinski definition) is 0. The van der Waals surface area contributed by atoms with Gasteiger partial charge in [0.1, 0.15) is 12.4 Å². The predicted molar refractivity (Wildman–Crippen MR) is 164 cm³/mol. The van der Waals surface area contributed by atoms with Crippen LogP contribution in [-0.4, -0.2) is 59.9 Å². The van der Waals surface area contributed by atoms with Crippen molar-refractivity contribution in [2.75, 3.05) is 38.8 Å². The van der Waals surface area contributed by atoms with E-state index < -0.39 is 7.60 Å². The summed E-state index contributed by atoms with van der Waals surface area (Å²) in [4.78, 5) is 28.1. The number of aromatic nitrogens is 2. The van der Waals surface area contributed by atoms with Crippen molar-refractivity contribution < 1.29 is 23.2 Å². The van der Waals surface area contributed by atoms with Gasteiger partial charge in [-0.3, -0.25) is 14.3 Å². The number of fused-ring (bicyclic) bond motifs is 2. The minimum absolute atomic E-state index is 0.132. The van der Waals surface area contributed by atoms with E-state index in [0.717, 1.165) is 41.2 Å². The van der Waals surface area contributed by atoms with Crippen LogP contribution >= 0.6 is 7.60 Å². The minimum atomic E-state index is -3.37. The van der Waals surface area contributed by atoms with E-state index in [1.54, 1.807) is 43.0 Å². The average molecular weight is 590 g/mol. The van der Waals surface area contributed by atoms with E-state index in [-0.39, 0.29) is 31.4 Å². The van der Waals surface area contributed by atoms with Crippen LogP contribution in [0.25, 0.3) is 11.0 Å². The molecule has 0 spiro atoms. The molecule has 0 bridgehead atoms. The molecule has 10 nitrogen and oxygen atoms in total. The number of benzene rings is 3. The van der Waals surface area contributed by atoms with Gasteiger partial charge in [-0.2, -0.15) is 0 Å². The van der Waals surface area contributed by atoms with Gasteiger partial charge in [0.25, 0.3) is 5.91 Å². The summed E-state index contributed by atoms with van der Waals surface area (Å²) in [6.45, 7) is 6.14. The maximum atomic E-state index is 13.7. The van der Waals surface area contributed by atoms with Gasteiger partial charge in [0, 0.05) is 18.7 Å². The molecule has 0 fully saturated rings. The van der Waals surface area contributed by atoms with Crippen LogP contribution in [0.4, 0.5) is 5.69 Å². The van der Waals surface area contributed by atoms with Gasteiger partial charge in [-0.25, -0.2) is 4.98 Å². The maximum Gasteiger partial charge on any atom is 0.361 e. The number of likely N-dealkylation sites (N-methyl/N-ethyl adjacent to an activating group) is 1. The van der Waals surface area contributed by atoms with Crippen LogP contribution in [-0.2, 0) is 42.9 Å². The number of para-hydroxylation sites is 3. The molecule has 0 unspecified atom stereocenters. The Kier molecular flexibility index (Phi) is 9.18. The normalized spacial score (nSPS) is 14.4. The molecule has 4 aromatic rings. The lowest BCUT2D eigenvalue weighted by atomic mass is 10.1. The van der Waals surface area contributed by atoms with E-state index in [2.05, 4.69) is 20.7 Å². The van der Waals surface area contributed by atoms with Crippen LogP contribution in [0.3, 0.4) is 0 Å². The number of carbonyl (C=O) groups is 1. The van der Waals surface area contributed by atoms with Crippen LogP contribution < -0.4 is 10.2 Å². The number of carbonyl (C=O) groups excluding carboxylic acids is 1. The lowest BCUT2D eigenvalue weighted by Gasteiger charge is -2.18. The second kappa shape index (κ2) is 13.0. The van der Waals surface area contributed by atoms with Gasteiger partial charge in [-0.05, 0) is 63.8 Å². The second-order valence-electron chi connectivity index (χ2n) is 10.1. The van der Waals surface area contributed by atoms with Crippen molar-refractivity contribution in [3.05, 3.63) is 89.7 Å². The lowest BCUT2D eigenvalue weighted by molar-refractivity contribution is -0.112. The van der Waals surface area contributed by atoms with E-state index in [0.29, 0.717) is 17.4 Å². The van der Waals surface area contributed by atoms with E-state index >= 15 is 0 Å². The number of nitrogens with zero attached hydrogens (tertiary/aromatic N) is 5. The summed E-state index contributed by atoms with van der Waals surface area (Å²) in [6, 6.07) is 22.6. The highest BCUT2D eigenvalue weighted by molar-refractivity contribution is 7.62. The number of amides is 1. The molecule has 0 saturated carbocycles. The van der Waals surface area contributed by atoms with Crippen LogP contribution in [0.1, 0.15) is 30.8 Å². The first-order valence-electron chi connectivity index (χ1n) is 14.0. The molecule has 0 radical (unpaired) electrons. The van der Waals surface area contributed by atoms with Crippen molar-refractivity contribution in [1.29, 1.82) is 0 Å². The van der Waals surface area contributed by atoms with E-state index in [9.17, 15) is 9.36 Å². The van der Waals surface area contributed by atoms with Crippen molar-refractivity contribution in [1.82, 2.24) is 14.5 Å². The molecule has 11 heteroatoms. The zero-order valence-corrected chi connectivity index (χ0v) is 25.3. The molecular formula is C31H36N5O5P. The number of hydrogen-bond acceptors (Lipinski definition) is 8. The SMILES string of the molecule is CCOP(=O)(OCC)c1ccc(CON=C2C(=O)N(Cc3nc4ccccc4n3CCN(C)C)c3ccccc32)cc1. The molecule has 0 N–H and O–H groups in total. The van der Waals surface area contributed by atoms with Crippen molar-refractivity contribution in [2.45, 2.75) is 33.5 Å². The number of imidazole rings is 1. The van der Waals surface area contributed by atoms with Crippen LogP contribution in [0.5, 0.6) is 0 Å². The molecule has 3 aromatic carbocycles. The maximum absolute atomic E-state index is 13.7. The van der Waals surface area contributed by atoms with Gasteiger partial charge in [-0.15, -0.1) is 0 Å². The Bertz CT molecular complexity index is 1620. The summed E-state index contributed by atoms with van der Waals surface area (Å²) in [5, 5.41) is 4.75. The molecule has 0 atom stereocenters. The zero-order chi connectivity index (χ0) is 29.7. The Morgan fingerprint density at radius 3 is 2.33 bits per heavy atom. The summed E-state index contributed by atoms with van der Waals surface area (Å²) >= 11 is 0. The molecule has 2 heterocycles. The summed E-state index contributed by atoms with van der Waals surface area (Å²) < 4.78 is 26.0. The first-order chi connectivity index (χ1) is 20.3. The van der Waals surface area contributed by atoms with E-state index in [1.165, 1.54) is 0 Å². The van der Waals surface area contributed by atoms with Crippen LogP contribution in [0.2, 0.25) is 0 Å². The Labute approximate surface area is 246 Å². The highest BCUT2D eigenvalue weighted by atomic mass is 31.2. The molecular weight excluding hydrogens is 553 g/mol. The quantitative estimate of drug-likeness (QED) is 0.161. The van der Waals surface area contributed by atoms with Crippen molar-refractivity contribution in [3.63, 3.8) is 0 Å². The predicted octanol–water partition coefficient (Wildman–Crippen LogP) is 4.96. The zero-order valence-electron chi connectivity index (χ0n) is 24.4. The summed E-state index contributed by atoms with van der Waals surface area (Å²) in [6.07, 6.45) is 0. The molecule has 1 aromatic heterocycles. The average Bonchev–Trinajstić information content (AvgIpc) is 3.47. The summed E-state index contributed by atoms with van der Waals surface area (Å²) in [5.74, 6) is 0.562. The molecule has 0 saturated heterocycles. The summed E-state index contributed by atoms with van der Waals surface area (Å²) in [7, 11) is 0.710. The van der Waals surface area contributed by atoms with Crippen LogP contribution in [0, 0.1) is 0 Å². The largest absolute Gasteiger partial charge is 0.390 e. The third-order valence-electron chi connectivity index (χ3n) is 6.94. The molecule has 220 valence electrons. The Hall–Kier alpha value is -3.82. The topological polar surface area (TPSA) is 98.5 Å². The van der Waals surface area contributed by atoms with E-state index in [1.807, 2.05) is 56.6 Å². The van der Waals surface area contributed by atoms with E-state index in [4.69, 9.17) is 18.9 Å². The monoisotopic (exact) mass is 589 g/mol. The third-order valence-corrected chi connectivity index (χ3v) is 9.07. The van der Waals surface area contributed by atoms with Gasteiger partial charge < -0.3 is 23.4 Å². The fourth-order valence-electron chi connectivity index (χ4n) is 4.92. The highest BCUT2D eigenvalue weighted by Gasteiger charge is 2.35. The smallest absolute Gasteiger partial charge is 0.361 e. The molecule has 42 heavy (non-hydrogen) atoms. The van der Waals surface area contributed by atoms with Gasteiger partial charge >= 0.3 is 7.60 Å². The Balaban J connectivity index is 1.35. The fourth-order valence-corrected chi connectivity index (χ4v) is 6.48. The Morgan fingerprint density at radius 1 is 0.929 bits per heavy atom. The summed E-state index contributed by atoms with van der Waals surface area (Å²) in [5.41, 5.74) is 4.46. The van der Waals surface area contributed by atoms with Gasteiger partial charge in [-0.1, -0.05) is 47.6 Å². The second-order valence-corrected chi connectivity index (χ2v) is 12.1. The van der Waals surface area contributed by atoms with Gasteiger partial charge in [0.15, 0.2) is 5.71 Å². The molecule has 0 aliphatic carbocycles. The lowest BCUT2D eigenvalue weighted by Crippen LogP contribution is -2.31. The number of anilines is 1. The first-order valence-corrected chi connectivity index (χ1v) is 15.6. The van der Waals surface area contributed by atoms with Gasteiger partial charge in [0.05, 0.1) is 41.8 Å².